The van der Waals surface area contributed by atoms with Gasteiger partial charge in [0, 0.05) is 19.3 Å². The van der Waals surface area contributed by atoms with Gasteiger partial charge < -0.3 is 14.2 Å². The van der Waals surface area contributed by atoms with Crippen LogP contribution in [-0.2, 0) is 28.6 Å². The van der Waals surface area contributed by atoms with Crippen LogP contribution in [0, 0.1) is 0 Å². The van der Waals surface area contributed by atoms with E-state index in [9.17, 15) is 14.4 Å². The molecule has 0 amide bonds. The fourth-order valence-electron chi connectivity index (χ4n) is 6.60. The predicted octanol–water partition coefficient (Wildman–Crippen LogP) is 18.0. The van der Waals surface area contributed by atoms with E-state index in [2.05, 4.69) is 167 Å². The highest BCUT2D eigenvalue weighted by Crippen LogP contribution is 2.10. The number of carbonyl (C=O) groups is 3. The van der Waals surface area contributed by atoms with Crippen molar-refractivity contribution in [2.45, 2.75) is 213 Å². The summed E-state index contributed by atoms with van der Waals surface area (Å²) in [7, 11) is 0. The SMILES string of the molecule is CC/C=C\C/C=C\C/C=C\C/C=C\C/C=C\CCCC(=O)OCC(COC(=O)CCCCC/C=C\C/C=C\C/C=C\C/C=C\CC)OC(=O)CCC/C=C\C/C=C\C/C=C\CCCCCCCC. The van der Waals surface area contributed by atoms with Gasteiger partial charge in [0.15, 0.2) is 6.10 Å². The normalized spacial score (nSPS) is 13.3. The quantitative estimate of drug-likeness (QED) is 0.0262. The monoisotopic (exact) mass is 937 g/mol. The number of unbranched alkanes of at least 4 members (excludes halogenated alkanes) is 11. The van der Waals surface area contributed by atoms with E-state index in [1.165, 1.54) is 44.9 Å². The van der Waals surface area contributed by atoms with Crippen molar-refractivity contribution in [3.05, 3.63) is 146 Å². The van der Waals surface area contributed by atoms with Crippen molar-refractivity contribution in [2.75, 3.05) is 13.2 Å². The summed E-state index contributed by atoms with van der Waals surface area (Å²) in [5.74, 6) is -1.09. The summed E-state index contributed by atoms with van der Waals surface area (Å²) in [4.78, 5) is 38.0. The summed E-state index contributed by atoms with van der Waals surface area (Å²) in [6.45, 7) is 6.26. The third kappa shape index (κ3) is 52.3. The van der Waals surface area contributed by atoms with Crippen LogP contribution in [0.15, 0.2) is 146 Å². The van der Waals surface area contributed by atoms with Crippen molar-refractivity contribution < 1.29 is 28.6 Å². The summed E-state index contributed by atoms with van der Waals surface area (Å²) in [5, 5.41) is 0. The average Bonchev–Trinajstić information content (AvgIpc) is 3.34. The van der Waals surface area contributed by atoms with E-state index in [0.29, 0.717) is 19.3 Å². The molecule has 1 atom stereocenters. The van der Waals surface area contributed by atoms with E-state index in [1.54, 1.807) is 0 Å². The summed E-state index contributed by atoms with van der Waals surface area (Å²) < 4.78 is 16.7. The molecule has 0 aromatic carbocycles. The minimum Gasteiger partial charge on any atom is -0.462 e. The second kappa shape index (κ2) is 54.9. The number of hydrogen-bond donors (Lipinski definition) is 0. The molecule has 6 heteroatoms. The first-order valence-corrected chi connectivity index (χ1v) is 26.8. The van der Waals surface area contributed by atoms with Crippen molar-refractivity contribution in [2.24, 2.45) is 0 Å². The van der Waals surface area contributed by atoms with Crippen molar-refractivity contribution in [3.8, 4) is 0 Å². The highest BCUT2D eigenvalue weighted by molar-refractivity contribution is 5.71. The molecule has 380 valence electrons. The van der Waals surface area contributed by atoms with E-state index < -0.39 is 12.1 Å². The molecule has 6 nitrogen and oxygen atoms in total. The molecule has 68 heavy (non-hydrogen) atoms. The van der Waals surface area contributed by atoms with Gasteiger partial charge in [-0.25, -0.2) is 0 Å². The zero-order valence-corrected chi connectivity index (χ0v) is 43.3. The Bertz CT molecular complexity index is 1540. The Balaban J connectivity index is 4.64. The molecule has 0 aromatic heterocycles. The van der Waals surface area contributed by atoms with Crippen molar-refractivity contribution in [1.82, 2.24) is 0 Å². The molecular weight excluding hydrogens is 841 g/mol. The standard InChI is InChI=1S/C62H96O6/c1-4-7-10-13-16-19-22-25-28-31-34-37-40-43-46-49-52-55-61(64)67-58-59(57-66-60(63)54-51-48-45-42-39-36-33-30-27-24-21-18-15-12-9-6-3)68-62(65)56-53-50-47-44-41-38-35-32-29-26-23-20-17-14-11-8-5-2/h7,9-10,12,16,18-19,21,25-30,34-39,43-44,46-47,59H,4-6,8,11,13-15,17,20,22-24,31-33,40-42,45,48-58H2,1-3H3/b10-7-,12-9-,19-16-,21-18-,28-25-,29-26-,30-27-,37-34-,38-35-,39-36-,46-43-,47-44-. The average molecular weight is 937 g/mol. The molecule has 0 aromatic rings. The number of esters is 3. The predicted molar refractivity (Wildman–Crippen MR) is 292 cm³/mol. The lowest BCUT2D eigenvalue weighted by Gasteiger charge is -2.18. The van der Waals surface area contributed by atoms with E-state index in [0.717, 1.165) is 109 Å². The van der Waals surface area contributed by atoms with Gasteiger partial charge in [0.2, 0.25) is 0 Å². The Labute approximate surface area is 417 Å². The zero-order valence-electron chi connectivity index (χ0n) is 43.3. The molecule has 0 aliphatic heterocycles. The second-order valence-corrected chi connectivity index (χ2v) is 17.0. The maximum Gasteiger partial charge on any atom is 0.306 e. The van der Waals surface area contributed by atoms with Gasteiger partial charge in [-0.15, -0.1) is 0 Å². The Kier molecular flexibility index (Phi) is 51.1. The van der Waals surface area contributed by atoms with Crippen molar-refractivity contribution in [1.29, 1.82) is 0 Å². The van der Waals surface area contributed by atoms with Crippen LogP contribution in [0.3, 0.4) is 0 Å². The molecule has 1 unspecified atom stereocenters. The van der Waals surface area contributed by atoms with Crippen LogP contribution in [0.4, 0.5) is 0 Å². The highest BCUT2D eigenvalue weighted by Gasteiger charge is 2.19. The minimum absolute atomic E-state index is 0.139. The van der Waals surface area contributed by atoms with E-state index in [-0.39, 0.29) is 38.0 Å². The summed E-state index contributed by atoms with van der Waals surface area (Å²) in [6.07, 6.45) is 78.4. The first-order valence-electron chi connectivity index (χ1n) is 26.8. The van der Waals surface area contributed by atoms with E-state index in [4.69, 9.17) is 14.2 Å². The topological polar surface area (TPSA) is 78.9 Å². The third-order valence-corrected chi connectivity index (χ3v) is 10.6. The summed E-state index contributed by atoms with van der Waals surface area (Å²) in [6, 6.07) is 0. The Morgan fingerprint density at radius 2 is 0.588 bits per heavy atom. The summed E-state index contributed by atoms with van der Waals surface area (Å²) >= 11 is 0. The smallest absolute Gasteiger partial charge is 0.306 e. The first kappa shape index (κ1) is 63.3. The van der Waals surface area contributed by atoms with E-state index in [1.807, 2.05) is 0 Å². The van der Waals surface area contributed by atoms with Gasteiger partial charge in [-0.05, 0) is 128 Å². The number of carbonyl (C=O) groups excluding carboxylic acids is 3. The molecule has 0 heterocycles. The fourth-order valence-corrected chi connectivity index (χ4v) is 6.60. The maximum atomic E-state index is 12.8. The lowest BCUT2D eigenvalue weighted by atomic mass is 10.1. The molecule has 0 saturated carbocycles. The number of rotatable bonds is 46. The van der Waals surface area contributed by atoms with Gasteiger partial charge in [-0.3, -0.25) is 14.4 Å². The first-order chi connectivity index (χ1) is 33.5. The van der Waals surface area contributed by atoms with Crippen LogP contribution in [-0.4, -0.2) is 37.2 Å². The van der Waals surface area contributed by atoms with Crippen LogP contribution >= 0.6 is 0 Å². The van der Waals surface area contributed by atoms with Crippen LogP contribution in [0.1, 0.15) is 207 Å². The van der Waals surface area contributed by atoms with Gasteiger partial charge in [-0.2, -0.15) is 0 Å². The zero-order chi connectivity index (χ0) is 49.3. The minimum atomic E-state index is -0.847. The van der Waals surface area contributed by atoms with Gasteiger partial charge in [-0.1, -0.05) is 205 Å². The Morgan fingerprint density at radius 1 is 0.309 bits per heavy atom. The highest BCUT2D eigenvalue weighted by atomic mass is 16.6. The van der Waals surface area contributed by atoms with Gasteiger partial charge in [0.05, 0.1) is 0 Å². The van der Waals surface area contributed by atoms with Gasteiger partial charge in [0.25, 0.3) is 0 Å². The largest absolute Gasteiger partial charge is 0.462 e. The Morgan fingerprint density at radius 3 is 0.956 bits per heavy atom. The third-order valence-electron chi connectivity index (χ3n) is 10.6. The maximum absolute atomic E-state index is 12.8. The van der Waals surface area contributed by atoms with Crippen LogP contribution in [0.5, 0.6) is 0 Å². The van der Waals surface area contributed by atoms with Crippen LogP contribution in [0.2, 0.25) is 0 Å². The molecule has 0 radical (unpaired) electrons. The van der Waals surface area contributed by atoms with Crippen LogP contribution < -0.4 is 0 Å². The molecule has 0 saturated heterocycles. The fraction of sp³-hybridized carbons (Fsp3) is 0.565. The molecule has 0 aliphatic rings. The molecule has 0 aliphatic carbocycles. The number of allylic oxidation sites excluding steroid dienone is 24. The molecule has 0 fully saturated rings. The van der Waals surface area contributed by atoms with E-state index >= 15 is 0 Å². The van der Waals surface area contributed by atoms with Gasteiger partial charge in [0.1, 0.15) is 13.2 Å². The molecule has 0 bridgehead atoms. The molecule has 0 N–H and O–H groups in total. The molecule has 0 spiro atoms. The number of hydrogen-bond acceptors (Lipinski definition) is 6. The van der Waals surface area contributed by atoms with Gasteiger partial charge >= 0.3 is 17.9 Å². The molecular formula is C62H96O6. The molecule has 0 rings (SSSR count). The van der Waals surface area contributed by atoms with Crippen LogP contribution in [0.25, 0.3) is 0 Å². The number of ether oxygens (including phenoxy) is 3. The Hall–Kier alpha value is -4.71. The van der Waals surface area contributed by atoms with Crippen molar-refractivity contribution >= 4 is 17.9 Å². The summed E-state index contributed by atoms with van der Waals surface area (Å²) in [5.41, 5.74) is 0. The second-order valence-electron chi connectivity index (χ2n) is 17.0. The lowest BCUT2D eigenvalue weighted by molar-refractivity contribution is -0.167. The van der Waals surface area contributed by atoms with Crippen molar-refractivity contribution in [3.63, 3.8) is 0 Å². The lowest BCUT2D eigenvalue weighted by Crippen LogP contribution is -2.30.